The summed E-state index contributed by atoms with van der Waals surface area (Å²) in [4.78, 5) is 32.8. The number of carbonyl (C=O) groups excluding carboxylic acids is 2. The van der Waals surface area contributed by atoms with Crippen LogP contribution in [0.3, 0.4) is 0 Å². The fourth-order valence-corrected chi connectivity index (χ4v) is 5.72. The van der Waals surface area contributed by atoms with Gasteiger partial charge in [-0.2, -0.15) is 0 Å². The summed E-state index contributed by atoms with van der Waals surface area (Å²) in [6, 6.07) is 19.8. The van der Waals surface area contributed by atoms with Gasteiger partial charge in [-0.3, -0.25) is 9.59 Å². The van der Waals surface area contributed by atoms with Gasteiger partial charge < -0.3 is 33.6 Å². The van der Waals surface area contributed by atoms with Gasteiger partial charge in [0.2, 0.25) is 5.91 Å². The maximum Gasteiger partial charge on any atom is 0.253 e. The van der Waals surface area contributed by atoms with E-state index in [2.05, 4.69) is 17.0 Å². The summed E-state index contributed by atoms with van der Waals surface area (Å²) >= 11 is 0. The average Bonchev–Trinajstić information content (AvgIpc) is 3.28. The van der Waals surface area contributed by atoms with E-state index in [4.69, 9.17) is 18.9 Å². The van der Waals surface area contributed by atoms with E-state index in [1.165, 1.54) is 0 Å². The number of fused-ring (bicyclic) bond motifs is 4. The fraction of sp³-hybridized carbons (Fsp3) is 0.412. The molecule has 0 spiro atoms. The molecule has 2 bridgehead atoms. The Morgan fingerprint density at radius 2 is 1.56 bits per heavy atom. The lowest BCUT2D eigenvalue weighted by molar-refractivity contribution is -0.131. The Morgan fingerprint density at radius 3 is 2.42 bits per heavy atom. The molecule has 226 valence electrons. The molecular weight excluding hydrogens is 546 g/mol. The summed E-state index contributed by atoms with van der Waals surface area (Å²) < 4.78 is 23.5. The van der Waals surface area contributed by atoms with Crippen LogP contribution in [0.4, 0.5) is 5.69 Å². The molecule has 1 saturated heterocycles. The van der Waals surface area contributed by atoms with Crippen molar-refractivity contribution < 1.29 is 28.5 Å². The van der Waals surface area contributed by atoms with E-state index in [0.717, 1.165) is 47.6 Å². The highest BCUT2D eigenvalue weighted by Gasteiger charge is 2.21. The molecule has 0 aromatic heterocycles. The van der Waals surface area contributed by atoms with Gasteiger partial charge >= 0.3 is 0 Å². The summed E-state index contributed by atoms with van der Waals surface area (Å²) in [5, 5.41) is 0. The van der Waals surface area contributed by atoms with Crippen LogP contribution in [0.2, 0.25) is 0 Å². The molecule has 2 amide bonds. The summed E-state index contributed by atoms with van der Waals surface area (Å²) in [7, 11) is 1.79. The van der Waals surface area contributed by atoms with Crippen molar-refractivity contribution in [1.29, 1.82) is 0 Å². The molecule has 3 aromatic carbocycles. The fourth-order valence-electron chi connectivity index (χ4n) is 5.72. The second-order valence-electron chi connectivity index (χ2n) is 11.2. The second-order valence-corrected chi connectivity index (χ2v) is 11.2. The molecule has 9 heteroatoms. The first-order valence-corrected chi connectivity index (χ1v) is 15.1. The number of nitrogens with zero attached hydrogens (tertiary/aromatic N) is 3. The zero-order valence-electron chi connectivity index (χ0n) is 24.8. The lowest BCUT2D eigenvalue weighted by Crippen LogP contribution is -2.42. The van der Waals surface area contributed by atoms with Crippen molar-refractivity contribution in [2.45, 2.75) is 19.3 Å². The first-order valence-electron chi connectivity index (χ1n) is 15.1. The predicted molar refractivity (Wildman–Crippen MR) is 164 cm³/mol. The van der Waals surface area contributed by atoms with Gasteiger partial charge in [0.15, 0.2) is 11.5 Å². The third-order valence-corrected chi connectivity index (χ3v) is 8.18. The number of rotatable bonds is 3. The number of hydrogen-bond donors (Lipinski definition) is 0. The van der Waals surface area contributed by atoms with Gasteiger partial charge in [0.25, 0.3) is 5.91 Å². The zero-order valence-corrected chi connectivity index (χ0v) is 24.8. The number of ether oxygens (including phenoxy) is 4. The van der Waals surface area contributed by atoms with E-state index in [0.29, 0.717) is 76.2 Å². The summed E-state index contributed by atoms with van der Waals surface area (Å²) in [6.07, 6.45) is 1.67. The largest absolute Gasteiger partial charge is 0.491 e. The monoisotopic (exact) mass is 585 g/mol. The van der Waals surface area contributed by atoms with Crippen molar-refractivity contribution in [3.63, 3.8) is 0 Å². The number of carbonyl (C=O) groups is 2. The highest BCUT2D eigenvalue weighted by molar-refractivity contribution is 5.94. The van der Waals surface area contributed by atoms with Crippen molar-refractivity contribution in [3.8, 4) is 17.2 Å². The maximum atomic E-state index is 13.6. The van der Waals surface area contributed by atoms with Crippen LogP contribution in [-0.2, 0) is 22.4 Å². The molecular formula is C34H39N3O6. The van der Waals surface area contributed by atoms with Crippen molar-refractivity contribution in [2.75, 3.05) is 77.7 Å². The molecule has 3 aromatic rings. The topological polar surface area (TPSA) is 80.8 Å². The van der Waals surface area contributed by atoms with E-state index in [-0.39, 0.29) is 18.2 Å². The zero-order chi connectivity index (χ0) is 29.6. The van der Waals surface area contributed by atoms with E-state index >= 15 is 0 Å². The summed E-state index contributed by atoms with van der Waals surface area (Å²) in [5.41, 5.74) is 4.72. The standard InChI is InChI=1S/C34H39N3O6/c1-35-10-11-37(33(38)23-26-6-8-31-32(22-26)42-16-3-15-41-31)14-19-43-30-9-7-29(36-12-17-40-18-13-36)24-28(30)21-25-4-2-5-27(20-25)34(35)39/h2,4-9,20,22,24H,3,10-19,21,23H2,1H3. The van der Waals surface area contributed by atoms with Crippen LogP contribution in [0.1, 0.15) is 33.5 Å². The molecule has 0 N–H and O–H groups in total. The number of hydrogen-bond acceptors (Lipinski definition) is 7. The number of morpholine rings is 1. The number of likely N-dealkylation sites (N-methyl/N-ethyl adjacent to an activating group) is 1. The maximum absolute atomic E-state index is 13.6. The summed E-state index contributed by atoms with van der Waals surface area (Å²) in [5.74, 6) is 2.08. The lowest BCUT2D eigenvalue weighted by Gasteiger charge is -2.30. The molecule has 3 aliphatic rings. The third kappa shape index (κ3) is 7.05. The van der Waals surface area contributed by atoms with Gasteiger partial charge in [-0.1, -0.05) is 18.2 Å². The highest BCUT2D eigenvalue weighted by Crippen LogP contribution is 2.31. The van der Waals surface area contributed by atoms with E-state index in [1.54, 1.807) is 16.8 Å². The quantitative estimate of drug-likeness (QED) is 0.463. The molecule has 0 radical (unpaired) electrons. The molecule has 9 nitrogen and oxygen atoms in total. The average molecular weight is 586 g/mol. The molecule has 0 saturated carbocycles. The Hall–Kier alpha value is -4.24. The van der Waals surface area contributed by atoms with Gasteiger partial charge in [0.1, 0.15) is 12.4 Å². The minimum absolute atomic E-state index is 0.0316. The normalized spacial score (nSPS) is 17.8. The van der Waals surface area contributed by atoms with Gasteiger partial charge in [0, 0.05) is 62.9 Å². The van der Waals surface area contributed by atoms with Crippen LogP contribution in [-0.4, -0.2) is 94.4 Å². The second kappa shape index (κ2) is 13.4. The summed E-state index contributed by atoms with van der Waals surface area (Å²) in [6.45, 7) is 5.87. The first kappa shape index (κ1) is 28.9. The third-order valence-electron chi connectivity index (χ3n) is 8.18. The highest BCUT2D eigenvalue weighted by atomic mass is 16.5. The number of amides is 2. The van der Waals surface area contributed by atoms with Crippen LogP contribution in [0.5, 0.6) is 17.2 Å². The minimum atomic E-state index is -0.0623. The SMILES string of the molecule is CN1CCN(C(=O)Cc2ccc3c(c2)OCCCO3)CCOc2ccc(N3CCOCC3)cc2Cc2cccc(c2)C1=O. The van der Waals surface area contributed by atoms with E-state index in [9.17, 15) is 9.59 Å². The molecule has 6 rings (SSSR count). The minimum Gasteiger partial charge on any atom is -0.491 e. The molecule has 0 atom stereocenters. The van der Waals surface area contributed by atoms with Crippen molar-refractivity contribution in [3.05, 3.63) is 82.9 Å². The first-order chi connectivity index (χ1) is 21.0. The van der Waals surface area contributed by atoms with Crippen LogP contribution >= 0.6 is 0 Å². The van der Waals surface area contributed by atoms with Gasteiger partial charge in [-0.05, 0) is 53.6 Å². The smallest absolute Gasteiger partial charge is 0.253 e. The van der Waals surface area contributed by atoms with Crippen LogP contribution < -0.4 is 19.1 Å². The van der Waals surface area contributed by atoms with Gasteiger partial charge in [0.05, 0.1) is 39.4 Å². The number of benzene rings is 3. The molecule has 1 fully saturated rings. The Kier molecular flexibility index (Phi) is 8.98. The molecule has 0 unspecified atom stereocenters. The molecule has 3 aliphatic heterocycles. The van der Waals surface area contributed by atoms with Gasteiger partial charge in [-0.25, -0.2) is 0 Å². The lowest BCUT2D eigenvalue weighted by atomic mass is 10.0. The Labute approximate surface area is 252 Å². The van der Waals surface area contributed by atoms with Crippen molar-refractivity contribution in [2.24, 2.45) is 0 Å². The van der Waals surface area contributed by atoms with Crippen LogP contribution in [0.15, 0.2) is 60.7 Å². The van der Waals surface area contributed by atoms with Crippen LogP contribution in [0.25, 0.3) is 0 Å². The van der Waals surface area contributed by atoms with Gasteiger partial charge in [-0.15, -0.1) is 0 Å². The molecule has 3 heterocycles. The van der Waals surface area contributed by atoms with Crippen molar-refractivity contribution >= 4 is 17.5 Å². The Balaban J connectivity index is 1.24. The van der Waals surface area contributed by atoms with E-state index in [1.807, 2.05) is 48.5 Å². The molecule has 43 heavy (non-hydrogen) atoms. The van der Waals surface area contributed by atoms with Crippen molar-refractivity contribution in [1.82, 2.24) is 9.80 Å². The van der Waals surface area contributed by atoms with E-state index < -0.39 is 0 Å². The Morgan fingerprint density at radius 1 is 0.767 bits per heavy atom. The number of anilines is 1. The predicted octanol–water partition coefficient (Wildman–Crippen LogP) is 3.81. The molecule has 0 aliphatic carbocycles. The van der Waals surface area contributed by atoms with Crippen LogP contribution in [0, 0.1) is 0 Å². The Bertz CT molecular complexity index is 1450.